The van der Waals surface area contributed by atoms with E-state index in [0.717, 1.165) is 51.4 Å². The van der Waals surface area contributed by atoms with Crippen molar-refractivity contribution < 1.29 is 9.53 Å². The van der Waals surface area contributed by atoms with E-state index in [9.17, 15) is 4.79 Å². The first-order valence-corrected chi connectivity index (χ1v) is 8.80. The molecule has 1 saturated heterocycles. The van der Waals surface area contributed by atoms with Gasteiger partial charge in [0.2, 0.25) is 0 Å². The van der Waals surface area contributed by atoms with E-state index in [1.54, 1.807) is 0 Å². The SMILES string of the molecule is CCNC(=NCCc1ccc(C)cc1)N1CCC(C(=O)OC)CC1.I. The normalized spacial score (nSPS) is 15.5. The summed E-state index contributed by atoms with van der Waals surface area (Å²) in [5, 5.41) is 3.37. The highest BCUT2D eigenvalue weighted by atomic mass is 127. The van der Waals surface area contributed by atoms with E-state index in [-0.39, 0.29) is 35.9 Å². The number of hydrogen-bond acceptors (Lipinski definition) is 3. The van der Waals surface area contributed by atoms with E-state index in [0.29, 0.717) is 0 Å². The summed E-state index contributed by atoms with van der Waals surface area (Å²) in [6.45, 7) is 7.48. The van der Waals surface area contributed by atoms with E-state index < -0.39 is 0 Å². The van der Waals surface area contributed by atoms with Crippen LogP contribution in [0.1, 0.15) is 30.9 Å². The number of methoxy groups -OCH3 is 1. The van der Waals surface area contributed by atoms with Gasteiger partial charge >= 0.3 is 5.97 Å². The number of rotatable bonds is 5. The van der Waals surface area contributed by atoms with Gasteiger partial charge in [0, 0.05) is 26.2 Å². The molecule has 1 aromatic carbocycles. The Morgan fingerprint density at radius 2 is 1.92 bits per heavy atom. The third-order valence-corrected chi connectivity index (χ3v) is 4.45. The van der Waals surface area contributed by atoms with Crippen LogP contribution in [-0.2, 0) is 16.0 Å². The maximum absolute atomic E-state index is 11.6. The van der Waals surface area contributed by atoms with Gasteiger partial charge in [0.05, 0.1) is 13.0 Å². The summed E-state index contributed by atoms with van der Waals surface area (Å²) < 4.78 is 4.85. The number of nitrogens with zero attached hydrogens (tertiary/aromatic N) is 2. The van der Waals surface area contributed by atoms with Gasteiger partial charge in [0.1, 0.15) is 0 Å². The molecule has 1 aliphatic heterocycles. The van der Waals surface area contributed by atoms with Crippen LogP contribution in [0.3, 0.4) is 0 Å². The zero-order valence-electron chi connectivity index (χ0n) is 15.5. The van der Waals surface area contributed by atoms with E-state index in [1.165, 1.54) is 18.2 Å². The lowest BCUT2D eigenvalue weighted by atomic mass is 9.97. The lowest BCUT2D eigenvalue weighted by Crippen LogP contribution is -2.46. The molecular formula is C19H30IN3O2. The molecule has 0 bridgehead atoms. The first-order valence-electron chi connectivity index (χ1n) is 8.80. The second kappa shape index (κ2) is 11.3. The van der Waals surface area contributed by atoms with Crippen LogP contribution in [0.4, 0.5) is 0 Å². The van der Waals surface area contributed by atoms with Gasteiger partial charge in [0.25, 0.3) is 0 Å². The summed E-state index contributed by atoms with van der Waals surface area (Å²) in [5.74, 6) is 0.894. The summed E-state index contributed by atoms with van der Waals surface area (Å²) >= 11 is 0. The van der Waals surface area contributed by atoms with Crippen molar-refractivity contribution in [3.63, 3.8) is 0 Å². The fraction of sp³-hybridized carbons (Fsp3) is 0.579. The number of nitrogens with one attached hydrogen (secondary N) is 1. The molecule has 2 rings (SSSR count). The molecule has 5 nitrogen and oxygen atoms in total. The predicted molar refractivity (Wildman–Crippen MR) is 113 cm³/mol. The highest BCUT2D eigenvalue weighted by Crippen LogP contribution is 2.18. The number of carbonyl (C=O) groups is 1. The molecule has 1 heterocycles. The fourth-order valence-corrected chi connectivity index (χ4v) is 2.97. The topological polar surface area (TPSA) is 53.9 Å². The van der Waals surface area contributed by atoms with Gasteiger partial charge in [-0.15, -0.1) is 24.0 Å². The summed E-state index contributed by atoms with van der Waals surface area (Å²) in [4.78, 5) is 18.6. The maximum atomic E-state index is 11.6. The predicted octanol–water partition coefficient (Wildman–Crippen LogP) is 3.01. The van der Waals surface area contributed by atoms with E-state index in [2.05, 4.69) is 48.3 Å². The van der Waals surface area contributed by atoms with Crippen LogP contribution in [0.2, 0.25) is 0 Å². The molecule has 0 saturated carbocycles. The summed E-state index contributed by atoms with van der Waals surface area (Å²) in [5.41, 5.74) is 2.59. The van der Waals surface area contributed by atoms with Gasteiger partial charge in [-0.3, -0.25) is 9.79 Å². The number of piperidine rings is 1. The Morgan fingerprint density at radius 1 is 1.28 bits per heavy atom. The minimum absolute atomic E-state index is 0. The van der Waals surface area contributed by atoms with Crippen LogP contribution < -0.4 is 5.32 Å². The molecule has 1 aliphatic rings. The molecule has 0 amide bonds. The smallest absolute Gasteiger partial charge is 0.308 e. The van der Waals surface area contributed by atoms with E-state index >= 15 is 0 Å². The Balaban J connectivity index is 0.00000312. The fourth-order valence-electron chi connectivity index (χ4n) is 2.97. The number of carbonyl (C=O) groups excluding carboxylic acids is 1. The van der Waals surface area contributed by atoms with Crippen molar-refractivity contribution in [2.45, 2.75) is 33.1 Å². The first kappa shape index (κ1) is 21.7. The highest BCUT2D eigenvalue weighted by Gasteiger charge is 2.26. The first-order chi connectivity index (χ1) is 11.6. The second-order valence-electron chi connectivity index (χ2n) is 6.26. The summed E-state index contributed by atoms with van der Waals surface area (Å²) in [7, 11) is 1.46. The molecule has 6 heteroatoms. The number of halogens is 1. The molecule has 0 unspecified atom stereocenters. The largest absolute Gasteiger partial charge is 0.469 e. The molecule has 140 valence electrons. The van der Waals surface area contributed by atoms with Crippen molar-refractivity contribution in [1.29, 1.82) is 0 Å². The van der Waals surface area contributed by atoms with Crippen molar-refractivity contribution in [1.82, 2.24) is 10.2 Å². The highest BCUT2D eigenvalue weighted by molar-refractivity contribution is 14.0. The summed E-state index contributed by atoms with van der Waals surface area (Å²) in [6.07, 6.45) is 2.60. The van der Waals surface area contributed by atoms with Crippen LogP contribution in [0.15, 0.2) is 29.3 Å². The Kier molecular flexibility index (Phi) is 9.85. The van der Waals surface area contributed by atoms with Crippen molar-refractivity contribution in [3.05, 3.63) is 35.4 Å². The third-order valence-electron chi connectivity index (χ3n) is 4.45. The van der Waals surface area contributed by atoms with Crippen LogP contribution in [0.5, 0.6) is 0 Å². The molecular weight excluding hydrogens is 429 g/mol. The number of esters is 1. The number of likely N-dealkylation sites (tertiary alicyclic amines) is 1. The van der Waals surface area contributed by atoms with Gasteiger partial charge in [-0.05, 0) is 38.7 Å². The molecule has 25 heavy (non-hydrogen) atoms. The van der Waals surface area contributed by atoms with E-state index in [1.807, 2.05) is 0 Å². The van der Waals surface area contributed by atoms with Crippen molar-refractivity contribution >= 4 is 35.9 Å². The van der Waals surface area contributed by atoms with Gasteiger partial charge < -0.3 is 15.0 Å². The van der Waals surface area contributed by atoms with Gasteiger partial charge in [-0.2, -0.15) is 0 Å². The molecule has 0 spiro atoms. The van der Waals surface area contributed by atoms with Gasteiger partial charge in [-0.1, -0.05) is 29.8 Å². The number of hydrogen-bond donors (Lipinski definition) is 1. The Labute approximate surface area is 168 Å². The van der Waals surface area contributed by atoms with Gasteiger partial charge in [0.15, 0.2) is 5.96 Å². The minimum atomic E-state index is -0.0871. The lowest BCUT2D eigenvalue weighted by Gasteiger charge is -2.33. The van der Waals surface area contributed by atoms with Crippen LogP contribution in [0.25, 0.3) is 0 Å². The molecule has 0 aromatic heterocycles. The van der Waals surface area contributed by atoms with Crippen molar-refractivity contribution in [3.8, 4) is 0 Å². The third kappa shape index (κ3) is 6.84. The molecule has 1 fully saturated rings. The van der Waals surface area contributed by atoms with E-state index in [4.69, 9.17) is 9.73 Å². The Morgan fingerprint density at radius 3 is 2.48 bits per heavy atom. The number of benzene rings is 1. The quantitative estimate of drug-likeness (QED) is 0.319. The molecule has 0 aliphatic carbocycles. The average Bonchev–Trinajstić information content (AvgIpc) is 2.62. The number of aliphatic imine (C=N–C) groups is 1. The molecule has 0 radical (unpaired) electrons. The molecule has 0 atom stereocenters. The van der Waals surface area contributed by atoms with Crippen molar-refractivity contribution in [2.75, 3.05) is 33.3 Å². The lowest BCUT2D eigenvalue weighted by molar-refractivity contribution is -0.146. The second-order valence-corrected chi connectivity index (χ2v) is 6.26. The molecule has 1 N–H and O–H groups in total. The van der Waals surface area contributed by atoms with Crippen LogP contribution in [0, 0.1) is 12.8 Å². The maximum Gasteiger partial charge on any atom is 0.308 e. The molecule has 1 aromatic rings. The van der Waals surface area contributed by atoms with Crippen molar-refractivity contribution in [2.24, 2.45) is 10.9 Å². The standard InChI is InChI=1S/C19H29N3O2.HI/c1-4-20-19(21-12-9-16-7-5-15(2)6-8-16)22-13-10-17(11-14-22)18(23)24-3;/h5-8,17H,4,9-14H2,1-3H3,(H,20,21);1H. The number of aryl methyl sites for hydroxylation is 1. The van der Waals surface area contributed by atoms with Crippen LogP contribution in [-0.4, -0.2) is 50.1 Å². The van der Waals surface area contributed by atoms with Gasteiger partial charge in [-0.25, -0.2) is 0 Å². The zero-order chi connectivity index (χ0) is 17.4. The Hall–Kier alpha value is -1.31. The number of guanidine groups is 1. The monoisotopic (exact) mass is 459 g/mol. The van der Waals surface area contributed by atoms with Crippen LogP contribution >= 0.6 is 24.0 Å². The average molecular weight is 459 g/mol. The zero-order valence-corrected chi connectivity index (χ0v) is 17.8. The minimum Gasteiger partial charge on any atom is -0.469 e. The Bertz CT molecular complexity index is 552. The summed E-state index contributed by atoms with van der Waals surface area (Å²) in [6, 6.07) is 8.61. The number of ether oxygens (including phenoxy) is 1.